The van der Waals surface area contributed by atoms with Crippen molar-refractivity contribution in [1.29, 1.82) is 0 Å². The lowest BCUT2D eigenvalue weighted by Crippen LogP contribution is -2.60. The molecule has 0 amide bonds. The molecule has 1 aliphatic heterocycles. The highest BCUT2D eigenvalue weighted by molar-refractivity contribution is 5.87. The second kappa shape index (κ2) is 7.93. The van der Waals surface area contributed by atoms with E-state index in [0.29, 0.717) is 5.56 Å². The molecular formula is C19H31NO3. The van der Waals surface area contributed by atoms with Crippen LogP contribution in [-0.4, -0.2) is 45.3 Å². The second-order valence-corrected chi connectivity index (χ2v) is 7.68. The first-order chi connectivity index (χ1) is 10.6. The van der Waals surface area contributed by atoms with Gasteiger partial charge in [0.1, 0.15) is 0 Å². The van der Waals surface area contributed by atoms with Crippen LogP contribution in [0.2, 0.25) is 0 Å². The number of piperidine rings is 1. The third-order valence-corrected chi connectivity index (χ3v) is 4.50. The summed E-state index contributed by atoms with van der Waals surface area (Å²) >= 11 is 0. The van der Waals surface area contributed by atoms with Crippen LogP contribution >= 0.6 is 0 Å². The Labute approximate surface area is 140 Å². The predicted molar refractivity (Wildman–Crippen MR) is 93.7 cm³/mol. The van der Waals surface area contributed by atoms with E-state index in [-0.39, 0.29) is 17.7 Å². The SMILES string of the molecule is CC1CC(C)(C)N(CCO)C(C)(C)C1.O=C(O)c1ccccc1. The van der Waals surface area contributed by atoms with Gasteiger partial charge in [0.2, 0.25) is 0 Å². The second-order valence-electron chi connectivity index (χ2n) is 7.68. The first kappa shape index (κ1) is 19.7. The summed E-state index contributed by atoms with van der Waals surface area (Å²) in [7, 11) is 0. The summed E-state index contributed by atoms with van der Waals surface area (Å²) in [5.74, 6) is -0.0921. The zero-order valence-electron chi connectivity index (χ0n) is 15.0. The number of aliphatic hydroxyl groups is 1. The van der Waals surface area contributed by atoms with Crippen molar-refractivity contribution in [3.63, 3.8) is 0 Å². The standard InChI is InChI=1S/C12H25NO.C7H6O2/c1-10-8-11(2,3)13(6-7-14)12(4,5)9-10;8-7(9)6-4-2-1-3-5-6/h10,14H,6-9H2,1-5H3;1-5H,(H,8,9). The van der Waals surface area contributed by atoms with Crippen molar-refractivity contribution in [1.82, 2.24) is 4.90 Å². The van der Waals surface area contributed by atoms with Crippen LogP contribution in [0.5, 0.6) is 0 Å². The van der Waals surface area contributed by atoms with E-state index < -0.39 is 5.97 Å². The van der Waals surface area contributed by atoms with Gasteiger partial charge in [-0.3, -0.25) is 4.90 Å². The van der Waals surface area contributed by atoms with E-state index >= 15 is 0 Å². The highest BCUT2D eigenvalue weighted by Gasteiger charge is 2.43. The third kappa shape index (κ3) is 5.63. The van der Waals surface area contributed by atoms with Gasteiger partial charge in [-0.1, -0.05) is 25.1 Å². The maximum absolute atomic E-state index is 10.2. The van der Waals surface area contributed by atoms with Gasteiger partial charge in [0.05, 0.1) is 12.2 Å². The fourth-order valence-electron chi connectivity index (χ4n) is 4.10. The zero-order valence-corrected chi connectivity index (χ0v) is 15.0. The molecule has 0 atom stereocenters. The molecular weight excluding hydrogens is 290 g/mol. The summed E-state index contributed by atoms with van der Waals surface area (Å²) in [5.41, 5.74) is 0.783. The summed E-state index contributed by atoms with van der Waals surface area (Å²) in [6, 6.07) is 8.30. The van der Waals surface area contributed by atoms with Gasteiger partial charge in [0.15, 0.2) is 0 Å². The van der Waals surface area contributed by atoms with Crippen LogP contribution in [0.25, 0.3) is 0 Å². The van der Waals surface area contributed by atoms with E-state index in [0.717, 1.165) is 12.5 Å². The van der Waals surface area contributed by atoms with Gasteiger partial charge in [-0.15, -0.1) is 0 Å². The molecule has 1 aromatic carbocycles. The lowest BCUT2D eigenvalue weighted by molar-refractivity contribution is -0.0555. The fraction of sp³-hybridized carbons (Fsp3) is 0.632. The molecule has 0 radical (unpaired) electrons. The third-order valence-electron chi connectivity index (χ3n) is 4.50. The maximum atomic E-state index is 10.2. The van der Waals surface area contributed by atoms with Crippen molar-refractivity contribution >= 4 is 5.97 Å². The molecule has 1 heterocycles. The predicted octanol–water partition coefficient (Wildman–Crippen LogP) is 3.65. The molecule has 0 aliphatic carbocycles. The molecule has 4 heteroatoms. The average molecular weight is 321 g/mol. The highest BCUT2D eigenvalue weighted by atomic mass is 16.4. The number of hydrogen-bond acceptors (Lipinski definition) is 3. The molecule has 0 unspecified atom stereocenters. The smallest absolute Gasteiger partial charge is 0.335 e. The minimum Gasteiger partial charge on any atom is -0.478 e. The molecule has 1 saturated heterocycles. The van der Waals surface area contributed by atoms with Crippen molar-refractivity contribution < 1.29 is 15.0 Å². The van der Waals surface area contributed by atoms with Gasteiger partial charge < -0.3 is 10.2 Å². The Kier molecular flexibility index (Phi) is 6.78. The Morgan fingerprint density at radius 1 is 1.13 bits per heavy atom. The van der Waals surface area contributed by atoms with Crippen molar-refractivity contribution in [2.75, 3.05) is 13.2 Å². The summed E-state index contributed by atoms with van der Waals surface area (Å²) in [4.78, 5) is 12.7. The lowest BCUT2D eigenvalue weighted by atomic mass is 9.74. The number of aliphatic hydroxyl groups excluding tert-OH is 1. The van der Waals surface area contributed by atoms with Gasteiger partial charge in [0.25, 0.3) is 0 Å². The van der Waals surface area contributed by atoms with E-state index in [9.17, 15) is 4.79 Å². The molecule has 0 saturated carbocycles. The zero-order chi connectivity index (χ0) is 17.7. The average Bonchev–Trinajstić information content (AvgIpc) is 2.43. The molecule has 2 rings (SSSR count). The summed E-state index contributed by atoms with van der Waals surface area (Å²) in [6.45, 7) is 12.6. The monoisotopic (exact) mass is 321 g/mol. The molecule has 1 fully saturated rings. The van der Waals surface area contributed by atoms with Crippen LogP contribution in [0.3, 0.4) is 0 Å². The van der Waals surface area contributed by atoms with Crippen LogP contribution in [0.4, 0.5) is 0 Å². The molecule has 0 spiro atoms. The Bertz CT molecular complexity index is 479. The number of nitrogens with zero attached hydrogens (tertiary/aromatic N) is 1. The number of benzene rings is 1. The Balaban J connectivity index is 0.000000253. The van der Waals surface area contributed by atoms with E-state index in [2.05, 4.69) is 39.5 Å². The first-order valence-electron chi connectivity index (χ1n) is 8.27. The lowest BCUT2D eigenvalue weighted by Gasteiger charge is -2.55. The topological polar surface area (TPSA) is 60.8 Å². The summed E-state index contributed by atoms with van der Waals surface area (Å²) in [5, 5.41) is 17.5. The summed E-state index contributed by atoms with van der Waals surface area (Å²) < 4.78 is 0. The number of β-amino-alcohol motifs (C(OH)–C–C–N with tert-alkyl or cyclic N) is 1. The van der Waals surface area contributed by atoms with E-state index in [1.54, 1.807) is 30.3 Å². The quantitative estimate of drug-likeness (QED) is 0.892. The molecule has 130 valence electrons. The largest absolute Gasteiger partial charge is 0.478 e. The number of likely N-dealkylation sites (tertiary alicyclic amines) is 1. The molecule has 23 heavy (non-hydrogen) atoms. The fourth-order valence-corrected chi connectivity index (χ4v) is 4.10. The highest BCUT2D eigenvalue weighted by Crippen LogP contribution is 2.40. The van der Waals surface area contributed by atoms with Crippen LogP contribution in [-0.2, 0) is 0 Å². The van der Waals surface area contributed by atoms with Crippen LogP contribution in [0.15, 0.2) is 30.3 Å². The maximum Gasteiger partial charge on any atom is 0.335 e. The van der Waals surface area contributed by atoms with Crippen molar-refractivity contribution in [3.8, 4) is 0 Å². The van der Waals surface area contributed by atoms with Gasteiger partial charge in [0, 0.05) is 17.6 Å². The van der Waals surface area contributed by atoms with Gasteiger partial charge in [-0.2, -0.15) is 0 Å². The number of aromatic carboxylic acids is 1. The molecule has 0 bridgehead atoms. The number of carbonyl (C=O) groups is 1. The molecule has 4 nitrogen and oxygen atoms in total. The van der Waals surface area contributed by atoms with Gasteiger partial charge in [-0.05, 0) is 58.6 Å². The minimum atomic E-state index is -0.879. The van der Waals surface area contributed by atoms with Crippen molar-refractivity contribution in [2.24, 2.45) is 5.92 Å². The Morgan fingerprint density at radius 3 is 1.96 bits per heavy atom. The van der Waals surface area contributed by atoms with Crippen molar-refractivity contribution in [2.45, 2.75) is 58.5 Å². The van der Waals surface area contributed by atoms with Gasteiger partial charge >= 0.3 is 5.97 Å². The number of hydrogen-bond donors (Lipinski definition) is 2. The first-order valence-corrected chi connectivity index (χ1v) is 8.27. The minimum absolute atomic E-state index is 0.226. The van der Waals surface area contributed by atoms with E-state index in [4.69, 9.17) is 10.2 Å². The van der Waals surface area contributed by atoms with E-state index in [1.807, 2.05) is 0 Å². The number of carboxylic acid groups (broad SMARTS) is 1. The summed E-state index contributed by atoms with van der Waals surface area (Å²) in [6.07, 6.45) is 2.47. The van der Waals surface area contributed by atoms with Crippen LogP contribution < -0.4 is 0 Å². The molecule has 2 N–H and O–H groups in total. The van der Waals surface area contributed by atoms with Gasteiger partial charge in [-0.25, -0.2) is 4.79 Å². The number of rotatable bonds is 3. The normalized spacial score (nSPS) is 20.4. The van der Waals surface area contributed by atoms with Crippen molar-refractivity contribution in [3.05, 3.63) is 35.9 Å². The molecule has 0 aromatic heterocycles. The molecule has 1 aliphatic rings. The number of carboxylic acids is 1. The Hall–Kier alpha value is -1.39. The van der Waals surface area contributed by atoms with Crippen LogP contribution in [0.1, 0.15) is 57.8 Å². The molecule has 1 aromatic rings. The van der Waals surface area contributed by atoms with E-state index in [1.165, 1.54) is 12.8 Å². The van der Waals surface area contributed by atoms with Crippen LogP contribution in [0, 0.1) is 5.92 Å². The Morgan fingerprint density at radius 2 is 1.61 bits per heavy atom.